The topological polar surface area (TPSA) is 43.4 Å². The maximum absolute atomic E-state index is 11.2. The highest BCUT2D eigenvalue weighted by molar-refractivity contribution is 9.10. The first kappa shape index (κ1) is 11.3. The molecule has 0 radical (unpaired) electrons. The van der Waals surface area contributed by atoms with Crippen molar-refractivity contribution in [3.05, 3.63) is 33.8 Å². The standard InChI is InChI=1S/C12H11BrO3/c1-7-4-8(2-3-10(7)13)9-5-11(14)16-12(15)6-9/h2-4,9H,5-6H2,1H3. The molecule has 0 N–H and O–H groups in total. The number of benzene rings is 1. The van der Waals surface area contributed by atoms with Crippen LogP contribution in [0.4, 0.5) is 0 Å². The molecule has 0 unspecified atom stereocenters. The summed E-state index contributed by atoms with van der Waals surface area (Å²) in [4.78, 5) is 22.3. The minimum Gasteiger partial charge on any atom is -0.393 e. The molecule has 16 heavy (non-hydrogen) atoms. The molecule has 0 atom stereocenters. The van der Waals surface area contributed by atoms with E-state index in [0.717, 1.165) is 15.6 Å². The molecule has 2 rings (SSSR count). The smallest absolute Gasteiger partial charge is 0.314 e. The van der Waals surface area contributed by atoms with Crippen LogP contribution < -0.4 is 0 Å². The molecule has 1 fully saturated rings. The number of carbonyl (C=O) groups excluding carboxylic acids is 2. The fourth-order valence-electron chi connectivity index (χ4n) is 1.84. The van der Waals surface area contributed by atoms with E-state index in [9.17, 15) is 9.59 Å². The fraction of sp³-hybridized carbons (Fsp3) is 0.333. The zero-order chi connectivity index (χ0) is 11.7. The highest BCUT2D eigenvalue weighted by atomic mass is 79.9. The summed E-state index contributed by atoms with van der Waals surface area (Å²) in [5.74, 6) is -0.899. The van der Waals surface area contributed by atoms with Crippen LogP contribution in [0.15, 0.2) is 22.7 Å². The second-order valence-corrected chi connectivity index (χ2v) is 4.81. The van der Waals surface area contributed by atoms with Crippen molar-refractivity contribution in [3.63, 3.8) is 0 Å². The summed E-state index contributed by atoms with van der Waals surface area (Å²) in [6.45, 7) is 1.98. The first-order valence-corrected chi connectivity index (χ1v) is 5.85. The number of hydrogen-bond acceptors (Lipinski definition) is 3. The first-order valence-electron chi connectivity index (χ1n) is 5.06. The molecule has 1 aromatic rings. The van der Waals surface area contributed by atoms with Gasteiger partial charge in [-0.25, -0.2) is 0 Å². The Bertz CT molecular complexity index is 438. The van der Waals surface area contributed by atoms with Gasteiger partial charge in [0.1, 0.15) is 0 Å². The summed E-state index contributed by atoms with van der Waals surface area (Å²) >= 11 is 3.42. The molecule has 0 bridgehead atoms. The zero-order valence-corrected chi connectivity index (χ0v) is 10.4. The van der Waals surface area contributed by atoms with Gasteiger partial charge in [-0.15, -0.1) is 0 Å². The van der Waals surface area contributed by atoms with Crippen molar-refractivity contribution < 1.29 is 14.3 Å². The van der Waals surface area contributed by atoms with Crippen LogP contribution >= 0.6 is 15.9 Å². The summed E-state index contributed by atoms with van der Waals surface area (Å²) in [6.07, 6.45) is 0.569. The third kappa shape index (κ3) is 2.32. The molecule has 1 aromatic carbocycles. The van der Waals surface area contributed by atoms with E-state index in [1.165, 1.54) is 0 Å². The average molecular weight is 283 g/mol. The Balaban J connectivity index is 2.26. The minimum absolute atomic E-state index is 0.0412. The van der Waals surface area contributed by atoms with Crippen molar-refractivity contribution in [2.24, 2.45) is 0 Å². The number of esters is 2. The first-order chi connectivity index (χ1) is 7.56. The number of ether oxygens (including phenoxy) is 1. The monoisotopic (exact) mass is 282 g/mol. The molecule has 0 aliphatic carbocycles. The van der Waals surface area contributed by atoms with Gasteiger partial charge < -0.3 is 4.74 Å². The van der Waals surface area contributed by atoms with Crippen molar-refractivity contribution in [1.29, 1.82) is 0 Å². The van der Waals surface area contributed by atoms with Crippen LogP contribution in [0.25, 0.3) is 0 Å². The SMILES string of the molecule is Cc1cc(C2CC(=O)OC(=O)C2)ccc1Br. The lowest BCUT2D eigenvalue weighted by Gasteiger charge is -2.20. The largest absolute Gasteiger partial charge is 0.393 e. The molecule has 84 valence electrons. The quantitative estimate of drug-likeness (QED) is 0.588. The maximum Gasteiger partial charge on any atom is 0.314 e. The van der Waals surface area contributed by atoms with Crippen LogP contribution in [0.3, 0.4) is 0 Å². The molecule has 1 aliphatic heterocycles. The molecule has 0 aromatic heterocycles. The lowest BCUT2D eigenvalue weighted by molar-refractivity contribution is -0.163. The molecule has 0 saturated carbocycles. The number of halogens is 1. The van der Waals surface area contributed by atoms with Gasteiger partial charge in [0, 0.05) is 10.4 Å². The molecule has 1 aliphatic rings. The Morgan fingerprint density at radius 3 is 2.44 bits per heavy atom. The van der Waals surface area contributed by atoms with E-state index in [4.69, 9.17) is 0 Å². The van der Waals surface area contributed by atoms with Gasteiger partial charge in [-0.05, 0) is 24.1 Å². The van der Waals surface area contributed by atoms with Gasteiger partial charge in [0.05, 0.1) is 12.8 Å². The highest BCUT2D eigenvalue weighted by Crippen LogP contribution is 2.30. The summed E-state index contributed by atoms with van der Waals surface area (Å²) in [7, 11) is 0. The van der Waals surface area contributed by atoms with Crippen molar-refractivity contribution in [2.45, 2.75) is 25.7 Å². The number of carbonyl (C=O) groups is 2. The van der Waals surface area contributed by atoms with Gasteiger partial charge in [-0.2, -0.15) is 0 Å². The summed E-state index contributed by atoms with van der Waals surface area (Å²) < 4.78 is 5.53. The molecule has 4 heteroatoms. The third-order valence-corrected chi connectivity index (χ3v) is 3.60. The second kappa shape index (κ2) is 4.37. The van der Waals surface area contributed by atoms with Crippen molar-refractivity contribution in [3.8, 4) is 0 Å². The molecule has 1 heterocycles. The van der Waals surface area contributed by atoms with Gasteiger partial charge in [0.15, 0.2) is 0 Å². The zero-order valence-electron chi connectivity index (χ0n) is 8.83. The molecular weight excluding hydrogens is 272 g/mol. The number of hydrogen-bond donors (Lipinski definition) is 0. The summed E-state index contributed by atoms with van der Waals surface area (Å²) in [6, 6.07) is 5.88. The average Bonchev–Trinajstić information content (AvgIpc) is 2.20. The predicted molar refractivity (Wildman–Crippen MR) is 62.0 cm³/mol. The predicted octanol–water partition coefficient (Wildman–Crippen LogP) is 2.70. The molecule has 1 saturated heterocycles. The molecule has 0 spiro atoms. The van der Waals surface area contributed by atoms with Gasteiger partial charge in [0.2, 0.25) is 0 Å². The summed E-state index contributed by atoms with van der Waals surface area (Å²) in [5, 5.41) is 0. The third-order valence-electron chi connectivity index (χ3n) is 2.71. The van der Waals surface area contributed by atoms with Crippen molar-refractivity contribution >= 4 is 27.9 Å². The lowest BCUT2D eigenvalue weighted by atomic mass is 9.90. The Labute approximate surface area is 102 Å². The van der Waals surface area contributed by atoms with E-state index in [2.05, 4.69) is 20.7 Å². The van der Waals surface area contributed by atoms with Gasteiger partial charge in [-0.1, -0.05) is 28.1 Å². The van der Waals surface area contributed by atoms with Crippen molar-refractivity contribution in [2.75, 3.05) is 0 Å². The highest BCUT2D eigenvalue weighted by Gasteiger charge is 2.28. The van der Waals surface area contributed by atoms with E-state index >= 15 is 0 Å². The van der Waals surface area contributed by atoms with Crippen molar-refractivity contribution in [1.82, 2.24) is 0 Å². The Morgan fingerprint density at radius 2 is 1.88 bits per heavy atom. The Morgan fingerprint density at radius 1 is 1.25 bits per heavy atom. The van der Waals surface area contributed by atoms with Gasteiger partial charge in [-0.3, -0.25) is 9.59 Å². The Kier molecular flexibility index (Phi) is 3.10. The van der Waals surface area contributed by atoms with Crippen LogP contribution in [-0.2, 0) is 14.3 Å². The second-order valence-electron chi connectivity index (χ2n) is 3.96. The molecular formula is C12H11BrO3. The molecule has 3 nitrogen and oxygen atoms in total. The van der Waals surface area contributed by atoms with E-state index in [1.54, 1.807) is 0 Å². The van der Waals surface area contributed by atoms with E-state index in [0.29, 0.717) is 0 Å². The van der Waals surface area contributed by atoms with Crippen LogP contribution in [0.2, 0.25) is 0 Å². The number of cyclic esters (lactones) is 2. The number of aryl methyl sites for hydroxylation is 1. The van der Waals surface area contributed by atoms with Crippen LogP contribution in [0.1, 0.15) is 29.9 Å². The minimum atomic E-state index is -0.429. The van der Waals surface area contributed by atoms with E-state index in [1.807, 2.05) is 25.1 Å². The number of rotatable bonds is 1. The fourth-order valence-corrected chi connectivity index (χ4v) is 2.09. The van der Waals surface area contributed by atoms with Gasteiger partial charge >= 0.3 is 11.9 Å². The van der Waals surface area contributed by atoms with E-state index < -0.39 is 11.9 Å². The van der Waals surface area contributed by atoms with E-state index in [-0.39, 0.29) is 18.8 Å². The van der Waals surface area contributed by atoms with Crippen LogP contribution in [0, 0.1) is 6.92 Å². The lowest BCUT2D eigenvalue weighted by Crippen LogP contribution is -2.24. The molecule has 0 amide bonds. The maximum atomic E-state index is 11.2. The normalized spacial score (nSPS) is 17.4. The summed E-state index contributed by atoms with van der Waals surface area (Å²) in [5.41, 5.74) is 2.12. The Hall–Kier alpha value is -1.16. The van der Waals surface area contributed by atoms with Crippen LogP contribution in [0.5, 0.6) is 0 Å². The van der Waals surface area contributed by atoms with Gasteiger partial charge in [0.25, 0.3) is 0 Å². The van der Waals surface area contributed by atoms with Crippen LogP contribution in [-0.4, -0.2) is 11.9 Å².